The Morgan fingerprint density at radius 1 is 1.11 bits per heavy atom. The van der Waals surface area contributed by atoms with Gasteiger partial charge in [-0.05, 0) is 55.0 Å². The van der Waals surface area contributed by atoms with Gasteiger partial charge in [0.15, 0.2) is 0 Å². The van der Waals surface area contributed by atoms with Crippen molar-refractivity contribution in [2.24, 2.45) is 11.8 Å². The van der Waals surface area contributed by atoms with Crippen molar-refractivity contribution in [3.8, 4) is 11.4 Å². The number of nitrogens with one attached hydrogen (secondary N) is 1. The summed E-state index contributed by atoms with van der Waals surface area (Å²) in [5.74, 6) is 0.0930. The third-order valence-corrected chi connectivity index (χ3v) is 8.07. The molecule has 5 rings (SSSR count). The number of nitrogens with zero attached hydrogens (tertiary/aromatic N) is 2. The van der Waals surface area contributed by atoms with Crippen LogP contribution in [0.25, 0.3) is 33.3 Å². The summed E-state index contributed by atoms with van der Waals surface area (Å²) in [7, 11) is -4.05. The minimum absolute atomic E-state index is 0.0293. The van der Waals surface area contributed by atoms with Gasteiger partial charge in [0.05, 0.1) is 4.90 Å². The second-order valence-electron chi connectivity index (χ2n) is 9.52. The van der Waals surface area contributed by atoms with Crippen LogP contribution in [-0.2, 0) is 21.2 Å². The van der Waals surface area contributed by atoms with Crippen LogP contribution in [0.3, 0.4) is 0 Å². The van der Waals surface area contributed by atoms with Crippen molar-refractivity contribution < 1.29 is 27.3 Å². The Morgan fingerprint density at radius 2 is 1.89 bits per heavy atom. The molecule has 0 aliphatic heterocycles. The highest BCUT2D eigenvalue weighted by Crippen LogP contribution is 2.33. The number of aromatic nitrogens is 2. The maximum Gasteiger partial charge on any atom is 0.322 e. The topological polar surface area (TPSA) is 136 Å². The van der Waals surface area contributed by atoms with Crippen LogP contribution in [0.5, 0.6) is 0 Å². The second-order valence-corrected chi connectivity index (χ2v) is 11.2. The zero-order valence-corrected chi connectivity index (χ0v) is 20.3. The molecule has 0 unspecified atom stereocenters. The van der Waals surface area contributed by atoms with Crippen LogP contribution in [0.15, 0.2) is 50.2 Å². The molecule has 2 aromatic heterocycles. The fourth-order valence-corrected chi connectivity index (χ4v) is 6.05. The van der Waals surface area contributed by atoms with Crippen LogP contribution in [0.2, 0.25) is 0 Å². The van der Waals surface area contributed by atoms with Crippen LogP contribution in [-0.4, -0.2) is 35.7 Å². The summed E-state index contributed by atoms with van der Waals surface area (Å²) in [5, 5.41) is 14.8. The highest BCUT2D eigenvalue weighted by Gasteiger charge is 2.28. The molecule has 184 valence electrons. The molecule has 0 bridgehead atoms. The first-order chi connectivity index (χ1) is 16.7. The minimum atomic E-state index is -4.05. The number of carboxylic acid groups (broad SMARTS) is 1. The molecule has 2 heterocycles. The number of hydrogen-bond acceptors (Lipinski definition) is 7. The smallest absolute Gasteiger partial charge is 0.322 e. The fraction of sp³-hybridized carbons (Fsp3) is 0.400. The van der Waals surface area contributed by atoms with Crippen molar-refractivity contribution in [1.29, 1.82) is 0 Å². The minimum Gasteiger partial charge on any atom is -0.480 e. The Bertz CT molecular complexity index is 1500. The predicted octanol–water partition coefficient (Wildman–Crippen LogP) is 4.76. The highest BCUT2D eigenvalue weighted by molar-refractivity contribution is 7.89. The van der Waals surface area contributed by atoms with Crippen LogP contribution >= 0.6 is 0 Å². The van der Waals surface area contributed by atoms with E-state index in [1.807, 2.05) is 18.2 Å². The molecule has 1 aliphatic rings. The number of carbonyl (C=O) groups is 1. The summed E-state index contributed by atoms with van der Waals surface area (Å²) < 4.78 is 39.5. The van der Waals surface area contributed by atoms with Crippen molar-refractivity contribution in [3.63, 3.8) is 0 Å². The van der Waals surface area contributed by atoms with Gasteiger partial charge in [-0.3, -0.25) is 4.79 Å². The van der Waals surface area contributed by atoms with Crippen LogP contribution in [0.4, 0.5) is 0 Å². The maximum atomic E-state index is 12.9. The first kappa shape index (κ1) is 23.5. The first-order valence-electron chi connectivity index (χ1n) is 11.8. The Kier molecular flexibility index (Phi) is 6.10. The lowest BCUT2D eigenvalue weighted by Gasteiger charge is -2.17. The van der Waals surface area contributed by atoms with Crippen molar-refractivity contribution in [3.05, 3.63) is 42.3 Å². The number of rotatable bonds is 8. The molecule has 0 amide bonds. The van der Waals surface area contributed by atoms with E-state index >= 15 is 0 Å². The molecule has 2 N–H and O–H groups in total. The number of hydrogen-bond donors (Lipinski definition) is 2. The number of fused-ring (bicyclic) bond motifs is 3. The molecule has 10 heteroatoms. The average Bonchev–Trinajstić information content (AvgIpc) is 3.56. The maximum absolute atomic E-state index is 12.9. The van der Waals surface area contributed by atoms with Gasteiger partial charge in [-0.1, -0.05) is 37.9 Å². The number of benzene rings is 2. The molecule has 0 radical (unpaired) electrons. The van der Waals surface area contributed by atoms with E-state index in [0.29, 0.717) is 34.2 Å². The van der Waals surface area contributed by atoms with E-state index < -0.39 is 28.0 Å². The molecule has 1 fully saturated rings. The number of aliphatic carboxylic acids is 1. The molecule has 1 atom stereocenters. The lowest BCUT2D eigenvalue weighted by atomic mass is 10.0. The summed E-state index contributed by atoms with van der Waals surface area (Å²) >= 11 is 0. The molecule has 35 heavy (non-hydrogen) atoms. The molecule has 9 nitrogen and oxygen atoms in total. The summed E-state index contributed by atoms with van der Waals surface area (Å²) in [6, 6.07) is 8.74. The van der Waals surface area contributed by atoms with Gasteiger partial charge in [0, 0.05) is 22.8 Å². The normalized spacial score (nSPS) is 16.0. The van der Waals surface area contributed by atoms with Gasteiger partial charge in [-0.2, -0.15) is 9.71 Å². The summed E-state index contributed by atoms with van der Waals surface area (Å²) in [6.07, 6.45) is 5.70. The molecule has 0 saturated heterocycles. The van der Waals surface area contributed by atoms with Gasteiger partial charge in [0.1, 0.15) is 17.2 Å². The van der Waals surface area contributed by atoms with Crippen molar-refractivity contribution >= 4 is 37.9 Å². The van der Waals surface area contributed by atoms with E-state index in [1.54, 1.807) is 19.9 Å². The van der Waals surface area contributed by atoms with E-state index in [9.17, 15) is 18.3 Å². The largest absolute Gasteiger partial charge is 0.480 e. The zero-order valence-electron chi connectivity index (χ0n) is 19.5. The molecule has 1 aliphatic carbocycles. The average molecular weight is 498 g/mol. The monoisotopic (exact) mass is 497 g/mol. The molecular weight excluding hydrogens is 470 g/mol. The van der Waals surface area contributed by atoms with Gasteiger partial charge < -0.3 is 14.0 Å². The molecule has 2 aromatic carbocycles. The lowest BCUT2D eigenvalue weighted by molar-refractivity contribution is -0.140. The lowest BCUT2D eigenvalue weighted by Crippen LogP contribution is -2.44. The van der Waals surface area contributed by atoms with E-state index in [0.717, 1.165) is 17.4 Å². The highest BCUT2D eigenvalue weighted by atomic mass is 32.2. The molecule has 0 spiro atoms. The van der Waals surface area contributed by atoms with Gasteiger partial charge in [-0.25, -0.2) is 8.42 Å². The van der Waals surface area contributed by atoms with Gasteiger partial charge in [0.2, 0.25) is 21.7 Å². The fourth-order valence-electron chi connectivity index (χ4n) is 4.69. The first-order valence-corrected chi connectivity index (χ1v) is 13.2. The molecule has 4 aromatic rings. The van der Waals surface area contributed by atoms with Crippen molar-refractivity contribution in [2.45, 2.75) is 56.9 Å². The third-order valence-electron chi connectivity index (χ3n) is 6.63. The zero-order chi connectivity index (χ0) is 24.7. The SMILES string of the molecule is CC(C)[C@@H](NS(=O)(=O)c1ccc2oc3cc(-c4noc(CC5CCCC5)n4)ccc3c2c1)C(=O)O. The van der Waals surface area contributed by atoms with Gasteiger partial charge >= 0.3 is 5.97 Å². The summed E-state index contributed by atoms with van der Waals surface area (Å²) in [4.78, 5) is 16.0. The summed E-state index contributed by atoms with van der Waals surface area (Å²) in [6.45, 7) is 3.29. The van der Waals surface area contributed by atoms with Gasteiger partial charge in [-0.15, -0.1) is 0 Å². The van der Waals surface area contributed by atoms with Gasteiger partial charge in [0.25, 0.3) is 0 Å². The van der Waals surface area contributed by atoms with E-state index in [2.05, 4.69) is 14.9 Å². The predicted molar refractivity (Wildman–Crippen MR) is 129 cm³/mol. The van der Waals surface area contributed by atoms with Crippen LogP contribution in [0.1, 0.15) is 45.4 Å². The van der Waals surface area contributed by atoms with E-state index in [1.165, 1.54) is 37.8 Å². The van der Waals surface area contributed by atoms with E-state index in [-0.39, 0.29) is 4.90 Å². The quantitative estimate of drug-likeness (QED) is 0.356. The number of sulfonamides is 1. The Morgan fingerprint density at radius 3 is 2.60 bits per heavy atom. The van der Waals surface area contributed by atoms with E-state index in [4.69, 9.17) is 8.94 Å². The Balaban J connectivity index is 1.44. The third kappa shape index (κ3) is 4.68. The molecule has 1 saturated carbocycles. The Hall–Kier alpha value is -3.24. The summed E-state index contributed by atoms with van der Waals surface area (Å²) in [5.41, 5.74) is 1.83. The van der Waals surface area contributed by atoms with Crippen LogP contribution in [0, 0.1) is 11.8 Å². The Labute approximate surface area is 202 Å². The molecular formula is C25H27N3O6S. The van der Waals surface area contributed by atoms with Crippen molar-refractivity contribution in [2.75, 3.05) is 0 Å². The standard InChI is InChI=1S/C25H27N3O6S/c1-14(2)23(25(29)30)28-35(31,32)17-8-10-20-19(13-17)18-9-7-16(12-21(18)33-20)24-26-22(34-27-24)11-15-5-3-4-6-15/h7-10,12-15,23,28H,3-6,11H2,1-2H3,(H,29,30)/t23-/m1/s1. The number of carboxylic acids is 1. The van der Waals surface area contributed by atoms with Crippen molar-refractivity contribution in [1.82, 2.24) is 14.9 Å². The van der Waals surface area contributed by atoms with Crippen LogP contribution < -0.4 is 4.72 Å². The number of furan rings is 1. The second kappa shape index (κ2) is 9.09.